The summed E-state index contributed by atoms with van der Waals surface area (Å²) in [5, 5.41) is 11.1. The molecule has 1 aromatic heterocycles. The molecule has 5 heteroatoms. The van der Waals surface area contributed by atoms with Gasteiger partial charge in [-0.3, -0.25) is 10.00 Å². The van der Waals surface area contributed by atoms with Gasteiger partial charge in [0.25, 0.3) is 0 Å². The molecule has 0 radical (unpaired) electrons. The fourth-order valence-electron chi connectivity index (χ4n) is 4.04. The van der Waals surface area contributed by atoms with Crippen molar-refractivity contribution in [2.24, 2.45) is 0 Å². The number of nitrogens with one attached hydrogen (secondary N) is 2. The first-order chi connectivity index (χ1) is 12.3. The second kappa shape index (κ2) is 7.68. The lowest BCUT2D eigenvalue weighted by atomic mass is 9.91. The van der Waals surface area contributed by atoms with Gasteiger partial charge in [0.05, 0.1) is 6.20 Å². The van der Waals surface area contributed by atoms with Crippen molar-refractivity contribution in [3.05, 3.63) is 41.7 Å². The Kier molecular flexibility index (Phi) is 5.15. The maximum Gasteiger partial charge on any atom is 0.0568 e. The van der Waals surface area contributed by atoms with Gasteiger partial charge in [0.1, 0.15) is 0 Å². The summed E-state index contributed by atoms with van der Waals surface area (Å²) in [5.74, 6) is 0.549. The predicted octanol–water partition coefficient (Wildman–Crippen LogP) is 2.29. The maximum absolute atomic E-state index is 4.36. The van der Waals surface area contributed by atoms with E-state index in [0.29, 0.717) is 5.92 Å². The van der Waals surface area contributed by atoms with E-state index in [-0.39, 0.29) is 0 Å². The van der Waals surface area contributed by atoms with E-state index in [1.165, 1.54) is 48.3 Å². The van der Waals surface area contributed by atoms with E-state index in [0.717, 1.165) is 32.7 Å². The van der Waals surface area contributed by atoms with E-state index in [1.54, 1.807) is 0 Å². The largest absolute Gasteiger partial charge is 0.316 e. The van der Waals surface area contributed by atoms with Crippen LogP contribution < -0.4 is 5.32 Å². The summed E-state index contributed by atoms with van der Waals surface area (Å²) in [5.41, 5.74) is 5.26. The molecule has 4 rings (SSSR count). The molecule has 1 aromatic carbocycles. The normalized spacial score (nSPS) is 23.0. The summed E-state index contributed by atoms with van der Waals surface area (Å²) in [6.45, 7) is 7.88. The molecule has 0 bridgehead atoms. The Labute approximate surface area is 150 Å². The number of hydrogen-bond donors (Lipinski definition) is 2. The first kappa shape index (κ1) is 16.8. The summed E-state index contributed by atoms with van der Waals surface area (Å²) in [6.07, 6.45) is 4.48. The van der Waals surface area contributed by atoms with Gasteiger partial charge in [-0.15, -0.1) is 0 Å². The molecule has 2 fully saturated rings. The average Bonchev–Trinajstić information content (AvgIpc) is 3.15. The number of aromatic amines is 1. The van der Waals surface area contributed by atoms with Crippen molar-refractivity contribution in [3.8, 4) is 11.1 Å². The lowest BCUT2D eigenvalue weighted by Gasteiger charge is -2.32. The molecule has 2 aliphatic rings. The zero-order chi connectivity index (χ0) is 17.1. The molecule has 5 nitrogen and oxygen atoms in total. The van der Waals surface area contributed by atoms with E-state index in [1.807, 2.05) is 6.20 Å². The van der Waals surface area contributed by atoms with Crippen molar-refractivity contribution < 1.29 is 0 Å². The van der Waals surface area contributed by atoms with Crippen molar-refractivity contribution in [1.82, 2.24) is 25.3 Å². The second-order valence-electron chi connectivity index (χ2n) is 7.52. The quantitative estimate of drug-likeness (QED) is 0.897. The molecule has 2 aliphatic heterocycles. The number of H-pyrrole nitrogens is 1. The highest BCUT2D eigenvalue weighted by Gasteiger charge is 2.21. The highest BCUT2D eigenvalue weighted by atomic mass is 15.2. The van der Waals surface area contributed by atoms with Crippen LogP contribution in [0.3, 0.4) is 0 Å². The zero-order valence-corrected chi connectivity index (χ0v) is 15.2. The second-order valence-corrected chi connectivity index (χ2v) is 7.52. The Bertz CT molecular complexity index is 681. The molecule has 2 N–H and O–H groups in total. The number of nitrogens with zero attached hydrogens (tertiary/aromatic N) is 3. The number of likely N-dealkylation sites (N-methyl/N-ethyl adjacent to an activating group) is 1. The van der Waals surface area contributed by atoms with E-state index < -0.39 is 0 Å². The molecule has 2 aromatic rings. The molecule has 25 heavy (non-hydrogen) atoms. The summed E-state index contributed by atoms with van der Waals surface area (Å²) in [7, 11) is 2.21. The van der Waals surface area contributed by atoms with Crippen LogP contribution in [0.5, 0.6) is 0 Å². The zero-order valence-electron chi connectivity index (χ0n) is 15.2. The van der Waals surface area contributed by atoms with Crippen LogP contribution in [0.4, 0.5) is 0 Å². The van der Waals surface area contributed by atoms with Crippen LogP contribution in [0, 0.1) is 0 Å². The van der Waals surface area contributed by atoms with Crippen molar-refractivity contribution in [3.63, 3.8) is 0 Å². The first-order valence-corrected chi connectivity index (χ1v) is 9.54. The Morgan fingerprint density at radius 1 is 1.20 bits per heavy atom. The highest BCUT2D eigenvalue weighted by molar-refractivity contribution is 5.66. The minimum Gasteiger partial charge on any atom is -0.316 e. The molecule has 134 valence electrons. The third-order valence-corrected chi connectivity index (χ3v) is 5.61. The van der Waals surface area contributed by atoms with Gasteiger partial charge in [0.15, 0.2) is 0 Å². The Hall–Kier alpha value is -1.69. The number of piperazine rings is 1. The Morgan fingerprint density at radius 3 is 2.88 bits per heavy atom. The van der Waals surface area contributed by atoms with Gasteiger partial charge in [-0.25, -0.2) is 0 Å². The van der Waals surface area contributed by atoms with Gasteiger partial charge in [-0.1, -0.05) is 18.2 Å². The number of piperidine rings is 1. The SMILES string of the molecule is CN1CCN(Cc2cccc(-c3cn[nH]c3[C@H]3CCCNC3)c2)CC1. The third kappa shape index (κ3) is 3.94. The van der Waals surface area contributed by atoms with Gasteiger partial charge >= 0.3 is 0 Å². The molecule has 2 saturated heterocycles. The number of rotatable bonds is 4. The topological polar surface area (TPSA) is 47.2 Å². The van der Waals surface area contributed by atoms with Gasteiger partial charge in [0, 0.05) is 56.4 Å². The fraction of sp³-hybridized carbons (Fsp3) is 0.550. The van der Waals surface area contributed by atoms with Crippen LogP contribution in [-0.2, 0) is 6.54 Å². The van der Waals surface area contributed by atoms with Crippen LogP contribution in [0.15, 0.2) is 30.5 Å². The van der Waals surface area contributed by atoms with Crippen molar-refractivity contribution in [2.75, 3.05) is 46.3 Å². The molecule has 3 heterocycles. The van der Waals surface area contributed by atoms with Crippen LogP contribution in [0.2, 0.25) is 0 Å². The monoisotopic (exact) mass is 339 g/mol. The number of benzene rings is 1. The van der Waals surface area contributed by atoms with Crippen LogP contribution >= 0.6 is 0 Å². The Morgan fingerprint density at radius 2 is 2.08 bits per heavy atom. The molecule has 1 atom stereocenters. The maximum atomic E-state index is 4.36. The minimum absolute atomic E-state index is 0.549. The third-order valence-electron chi connectivity index (χ3n) is 5.61. The minimum atomic E-state index is 0.549. The summed E-state index contributed by atoms with van der Waals surface area (Å²) in [6, 6.07) is 9.02. The van der Waals surface area contributed by atoms with E-state index in [9.17, 15) is 0 Å². The smallest absolute Gasteiger partial charge is 0.0568 e. The molecular formula is C20H29N5. The average molecular weight is 339 g/mol. The number of hydrogen-bond acceptors (Lipinski definition) is 4. The van der Waals surface area contributed by atoms with Crippen LogP contribution in [0.1, 0.15) is 30.0 Å². The summed E-state index contributed by atoms with van der Waals surface area (Å²) < 4.78 is 0. The lowest BCUT2D eigenvalue weighted by Crippen LogP contribution is -2.43. The Balaban J connectivity index is 1.51. The van der Waals surface area contributed by atoms with Crippen molar-refractivity contribution in [2.45, 2.75) is 25.3 Å². The van der Waals surface area contributed by atoms with Crippen molar-refractivity contribution >= 4 is 0 Å². The molecule has 0 amide bonds. The summed E-state index contributed by atoms with van der Waals surface area (Å²) in [4.78, 5) is 4.96. The van der Waals surface area contributed by atoms with Crippen LogP contribution in [-0.4, -0.2) is 66.3 Å². The van der Waals surface area contributed by atoms with Gasteiger partial charge < -0.3 is 10.2 Å². The molecule has 0 unspecified atom stereocenters. The van der Waals surface area contributed by atoms with E-state index in [4.69, 9.17) is 0 Å². The van der Waals surface area contributed by atoms with Gasteiger partial charge in [-0.2, -0.15) is 5.10 Å². The standard InChI is InChI=1S/C20H29N5/c1-24-8-10-25(11-9-24)15-16-4-2-5-17(12-16)19-14-22-23-20(19)18-6-3-7-21-13-18/h2,4-5,12,14,18,21H,3,6-11,13,15H2,1H3,(H,22,23)/t18-/m0/s1. The molecule has 0 spiro atoms. The number of aromatic nitrogens is 2. The lowest BCUT2D eigenvalue weighted by molar-refractivity contribution is 0.148. The van der Waals surface area contributed by atoms with Crippen LogP contribution in [0.25, 0.3) is 11.1 Å². The summed E-state index contributed by atoms with van der Waals surface area (Å²) >= 11 is 0. The molecule has 0 aliphatic carbocycles. The van der Waals surface area contributed by atoms with Gasteiger partial charge in [0.2, 0.25) is 0 Å². The fourth-order valence-corrected chi connectivity index (χ4v) is 4.04. The molecule has 0 saturated carbocycles. The highest BCUT2D eigenvalue weighted by Crippen LogP contribution is 2.31. The first-order valence-electron chi connectivity index (χ1n) is 9.54. The van der Waals surface area contributed by atoms with Crippen molar-refractivity contribution in [1.29, 1.82) is 0 Å². The predicted molar refractivity (Wildman–Crippen MR) is 102 cm³/mol. The molecular weight excluding hydrogens is 310 g/mol. The van der Waals surface area contributed by atoms with E-state index >= 15 is 0 Å². The van der Waals surface area contributed by atoms with E-state index in [2.05, 4.69) is 56.6 Å². The van der Waals surface area contributed by atoms with Gasteiger partial charge in [-0.05, 0) is 43.6 Å².